The van der Waals surface area contributed by atoms with Gasteiger partial charge in [-0.3, -0.25) is 9.78 Å². The molecule has 3 aromatic rings. The molecule has 0 radical (unpaired) electrons. The number of nitrogens with one attached hydrogen (secondary N) is 1. The molecule has 0 spiro atoms. The van der Waals surface area contributed by atoms with Crippen molar-refractivity contribution in [3.63, 3.8) is 0 Å². The number of carbonyl (C=O) groups excluding carboxylic acids is 1. The fraction of sp³-hybridized carbons (Fsp3) is 0.238. The van der Waals surface area contributed by atoms with Gasteiger partial charge in [0.15, 0.2) is 0 Å². The number of hydrogen-bond donors (Lipinski definition) is 2. The number of amides is 1. The first-order chi connectivity index (χ1) is 13.5. The molecule has 1 aliphatic carbocycles. The molecule has 2 atom stereocenters. The quantitative estimate of drug-likeness (QED) is 0.503. The molecule has 1 fully saturated rings. The van der Waals surface area contributed by atoms with Crippen molar-refractivity contribution in [3.8, 4) is 11.1 Å². The predicted molar refractivity (Wildman–Crippen MR) is 114 cm³/mol. The summed E-state index contributed by atoms with van der Waals surface area (Å²) in [6.45, 7) is 6.10. The zero-order valence-corrected chi connectivity index (χ0v) is 16.2. The van der Waals surface area contributed by atoms with Gasteiger partial charge in [0.05, 0.1) is 10.7 Å². The first kappa shape index (κ1) is 18.4. The maximum Gasteiger partial charge on any atom is 0.228 e. The van der Waals surface area contributed by atoms with Crippen LogP contribution in [0, 0.1) is 18.8 Å². The molecule has 0 saturated heterocycles. The van der Waals surface area contributed by atoms with Gasteiger partial charge in [-0.2, -0.15) is 0 Å². The van der Waals surface area contributed by atoms with Crippen LogP contribution >= 0.6 is 11.6 Å². The minimum atomic E-state index is -0.0363. The SMILES string of the molecule is C=NC[C@H]1C[C@@H]1C(=O)Nc1cc2cc(-c3cnccc3C)c(Cl)c(N)c2cn1. The van der Waals surface area contributed by atoms with E-state index >= 15 is 0 Å². The molecule has 142 valence electrons. The normalized spacial score (nSPS) is 18.1. The molecule has 2 aromatic heterocycles. The number of nitrogens with two attached hydrogens (primary N) is 1. The molecule has 1 aliphatic rings. The van der Waals surface area contributed by atoms with Crippen LogP contribution in [0.15, 0.2) is 41.8 Å². The number of anilines is 2. The molecule has 28 heavy (non-hydrogen) atoms. The topological polar surface area (TPSA) is 93.3 Å². The zero-order chi connectivity index (χ0) is 19.8. The third-order valence-electron chi connectivity index (χ3n) is 5.20. The number of nitrogen functional groups attached to an aromatic ring is 1. The molecule has 1 aromatic carbocycles. The highest BCUT2D eigenvalue weighted by Gasteiger charge is 2.42. The minimum Gasteiger partial charge on any atom is -0.397 e. The van der Waals surface area contributed by atoms with Crippen molar-refractivity contribution in [3.05, 3.63) is 47.4 Å². The molecule has 6 nitrogen and oxygen atoms in total. The number of aryl methyl sites for hydroxylation is 1. The lowest BCUT2D eigenvalue weighted by Gasteiger charge is -2.13. The highest BCUT2D eigenvalue weighted by Crippen LogP contribution is 2.41. The van der Waals surface area contributed by atoms with Gasteiger partial charge in [-0.05, 0) is 55.1 Å². The number of pyridine rings is 2. The number of rotatable bonds is 5. The van der Waals surface area contributed by atoms with Gasteiger partial charge in [0.2, 0.25) is 5.91 Å². The Labute approximate surface area is 167 Å². The Hall–Kier alpha value is -2.99. The van der Waals surface area contributed by atoms with Gasteiger partial charge in [-0.1, -0.05) is 11.6 Å². The fourth-order valence-electron chi connectivity index (χ4n) is 3.46. The van der Waals surface area contributed by atoms with Crippen LogP contribution in [0.1, 0.15) is 12.0 Å². The summed E-state index contributed by atoms with van der Waals surface area (Å²) >= 11 is 6.53. The first-order valence-electron chi connectivity index (χ1n) is 9.01. The van der Waals surface area contributed by atoms with Crippen LogP contribution < -0.4 is 11.1 Å². The van der Waals surface area contributed by atoms with Crippen LogP contribution in [-0.2, 0) is 4.79 Å². The van der Waals surface area contributed by atoms with Crippen molar-refractivity contribution in [2.45, 2.75) is 13.3 Å². The molecule has 4 rings (SSSR count). The third kappa shape index (κ3) is 3.31. The summed E-state index contributed by atoms with van der Waals surface area (Å²) in [5.74, 6) is 0.718. The van der Waals surface area contributed by atoms with Gasteiger partial charge in [0.25, 0.3) is 0 Å². The van der Waals surface area contributed by atoms with E-state index in [1.165, 1.54) is 0 Å². The number of hydrogen-bond acceptors (Lipinski definition) is 5. The van der Waals surface area contributed by atoms with Crippen LogP contribution in [0.4, 0.5) is 11.5 Å². The molecule has 0 aliphatic heterocycles. The van der Waals surface area contributed by atoms with Crippen molar-refractivity contribution in [2.24, 2.45) is 16.8 Å². The Bertz CT molecular complexity index is 1100. The molecule has 2 heterocycles. The highest BCUT2D eigenvalue weighted by molar-refractivity contribution is 6.37. The maximum atomic E-state index is 12.4. The van der Waals surface area contributed by atoms with Crippen LogP contribution in [-0.4, -0.2) is 29.1 Å². The van der Waals surface area contributed by atoms with Crippen molar-refractivity contribution in [1.29, 1.82) is 0 Å². The van der Waals surface area contributed by atoms with Crippen molar-refractivity contribution < 1.29 is 4.79 Å². The van der Waals surface area contributed by atoms with E-state index in [0.717, 1.165) is 33.9 Å². The van der Waals surface area contributed by atoms with Crippen molar-refractivity contribution in [2.75, 3.05) is 17.6 Å². The smallest absolute Gasteiger partial charge is 0.228 e. The number of aliphatic imine (C=N–C) groups is 1. The minimum absolute atomic E-state index is 0.0214. The van der Waals surface area contributed by atoms with Crippen LogP contribution in [0.3, 0.4) is 0 Å². The van der Waals surface area contributed by atoms with E-state index in [4.69, 9.17) is 17.3 Å². The van der Waals surface area contributed by atoms with Crippen LogP contribution in [0.5, 0.6) is 0 Å². The number of fused-ring (bicyclic) bond motifs is 1. The van der Waals surface area contributed by atoms with E-state index in [1.807, 2.05) is 25.1 Å². The Morgan fingerprint density at radius 2 is 2.21 bits per heavy atom. The van der Waals surface area contributed by atoms with Crippen molar-refractivity contribution in [1.82, 2.24) is 9.97 Å². The Balaban J connectivity index is 1.69. The van der Waals surface area contributed by atoms with E-state index < -0.39 is 0 Å². The van der Waals surface area contributed by atoms with E-state index in [0.29, 0.717) is 23.1 Å². The summed E-state index contributed by atoms with van der Waals surface area (Å²) in [5.41, 5.74) is 9.51. The van der Waals surface area contributed by atoms with E-state index in [2.05, 4.69) is 27.0 Å². The van der Waals surface area contributed by atoms with E-state index in [1.54, 1.807) is 18.6 Å². The van der Waals surface area contributed by atoms with Crippen molar-refractivity contribution >= 4 is 46.5 Å². The molecular weight excluding hydrogens is 374 g/mol. The van der Waals surface area contributed by atoms with Gasteiger partial charge in [-0.25, -0.2) is 4.98 Å². The van der Waals surface area contributed by atoms with E-state index in [-0.39, 0.29) is 17.7 Å². The summed E-state index contributed by atoms with van der Waals surface area (Å²) in [6.07, 6.45) is 5.99. The Morgan fingerprint density at radius 1 is 1.39 bits per heavy atom. The molecule has 7 heteroatoms. The number of aromatic nitrogens is 2. The number of carbonyl (C=O) groups is 1. The number of benzene rings is 1. The molecule has 0 bridgehead atoms. The second-order valence-corrected chi connectivity index (χ2v) is 7.51. The predicted octanol–water partition coefficient (Wildman–Crippen LogP) is 4.12. The lowest BCUT2D eigenvalue weighted by atomic mass is 9.99. The van der Waals surface area contributed by atoms with Gasteiger partial charge >= 0.3 is 0 Å². The van der Waals surface area contributed by atoms with Gasteiger partial charge in [-0.15, -0.1) is 0 Å². The lowest BCUT2D eigenvalue weighted by molar-refractivity contribution is -0.117. The third-order valence-corrected chi connectivity index (χ3v) is 5.61. The van der Waals surface area contributed by atoms with Gasteiger partial charge < -0.3 is 16.0 Å². The van der Waals surface area contributed by atoms with E-state index in [9.17, 15) is 4.79 Å². The number of nitrogens with zero attached hydrogens (tertiary/aromatic N) is 3. The standard InChI is InChI=1S/C21H20ClN5O/c1-11-3-4-25-9-16(11)15-5-12-7-18(26-10-17(12)20(23)19(15)22)27-21(28)14-6-13(14)8-24-2/h3-5,7,9-10,13-14H,2,6,8,23H2,1H3,(H,26,27,28)/t13-,14+/m1/s1. The number of halogens is 1. The average Bonchev–Trinajstić information content (AvgIpc) is 3.45. The summed E-state index contributed by atoms with van der Waals surface area (Å²) in [7, 11) is 0. The monoisotopic (exact) mass is 393 g/mol. The second kappa shape index (κ2) is 7.20. The second-order valence-electron chi connectivity index (χ2n) is 7.13. The Kier molecular flexibility index (Phi) is 4.73. The summed E-state index contributed by atoms with van der Waals surface area (Å²) < 4.78 is 0. The summed E-state index contributed by atoms with van der Waals surface area (Å²) in [5, 5.41) is 4.96. The van der Waals surface area contributed by atoms with Crippen LogP contribution in [0.2, 0.25) is 5.02 Å². The highest BCUT2D eigenvalue weighted by atomic mass is 35.5. The fourth-order valence-corrected chi connectivity index (χ4v) is 3.72. The van der Waals surface area contributed by atoms with Gasteiger partial charge in [0, 0.05) is 47.6 Å². The summed E-state index contributed by atoms with van der Waals surface area (Å²) in [4.78, 5) is 24.8. The van der Waals surface area contributed by atoms with Gasteiger partial charge in [0.1, 0.15) is 5.82 Å². The largest absolute Gasteiger partial charge is 0.397 e. The van der Waals surface area contributed by atoms with Crippen LogP contribution in [0.25, 0.3) is 21.9 Å². The average molecular weight is 394 g/mol. The molecule has 0 unspecified atom stereocenters. The lowest BCUT2D eigenvalue weighted by Crippen LogP contribution is -2.16. The molecule has 3 N–H and O–H groups in total. The molecular formula is C21H20ClN5O. The zero-order valence-electron chi connectivity index (χ0n) is 15.4. The molecule has 1 saturated carbocycles. The first-order valence-corrected chi connectivity index (χ1v) is 9.39. The maximum absolute atomic E-state index is 12.4. The Morgan fingerprint density at radius 3 is 2.96 bits per heavy atom. The summed E-state index contributed by atoms with van der Waals surface area (Å²) in [6, 6.07) is 5.70. The molecule has 1 amide bonds.